The van der Waals surface area contributed by atoms with Gasteiger partial charge in [0, 0.05) is 22.9 Å². The highest BCUT2D eigenvalue weighted by Gasteiger charge is 2.30. The highest BCUT2D eigenvalue weighted by molar-refractivity contribution is 9.10. The molecular weight excluding hydrogens is 366 g/mol. The van der Waals surface area contributed by atoms with E-state index in [4.69, 9.17) is 4.42 Å². The van der Waals surface area contributed by atoms with Crippen LogP contribution in [0.5, 0.6) is 0 Å². The molecule has 8 heteroatoms. The molecule has 0 radical (unpaired) electrons. The fourth-order valence-electron chi connectivity index (χ4n) is 2.94. The normalized spacial score (nSPS) is 22.4. The largest absolute Gasteiger partial charge is 0.449 e. The minimum Gasteiger partial charge on any atom is -0.449 e. The lowest BCUT2D eigenvalue weighted by molar-refractivity contribution is 0.0572. The van der Waals surface area contributed by atoms with Gasteiger partial charge in [-0.3, -0.25) is 9.69 Å². The van der Waals surface area contributed by atoms with Crippen molar-refractivity contribution >= 4 is 38.0 Å². The van der Waals surface area contributed by atoms with Crippen molar-refractivity contribution in [3.63, 3.8) is 0 Å². The zero-order chi connectivity index (χ0) is 16.1. The number of aromatic nitrogens is 2. The fourth-order valence-corrected chi connectivity index (χ4v) is 3.30. The quantitative estimate of drug-likeness (QED) is 0.612. The lowest BCUT2D eigenvalue weighted by Gasteiger charge is -2.13. The number of H-pyrrole nitrogens is 1. The Hall–Kier alpha value is -1.74. The summed E-state index contributed by atoms with van der Waals surface area (Å²) in [5, 5.41) is 20.0. The van der Waals surface area contributed by atoms with Gasteiger partial charge in [-0.2, -0.15) is 0 Å². The molecule has 0 spiro atoms. The summed E-state index contributed by atoms with van der Waals surface area (Å²) < 4.78 is 6.45. The molecule has 1 aliphatic rings. The van der Waals surface area contributed by atoms with Crippen LogP contribution in [0.2, 0.25) is 0 Å². The number of aliphatic hydroxyl groups is 2. The summed E-state index contributed by atoms with van der Waals surface area (Å²) in [5.41, 5.74) is 0.978. The van der Waals surface area contributed by atoms with Crippen molar-refractivity contribution in [1.29, 1.82) is 0 Å². The number of aromatic amines is 1. The molecule has 1 fully saturated rings. The van der Waals surface area contributed by atoms with Gasteiger partial charge in [-0.1, -0.05) is 15.9 Å². The van der Waals surface area contributed by atoms with E-state index < -0.39 is 12.2 Å². The second kappa shape index (κ2) is 5.41. The van der Waals surface area contributed by atoms with E-state index in [0.29, 0.717) is 36.6 Å². The van der Waals surface area contributed by atoms with Crippen molar-refractivity contribution in [3.8, 4) is 0 Å². The molecule has 1 aromatic carbocycles. The van der Waals surface area contributed by atoms with Crippen LogP contribution in [0.25, 0.3) is 22.1 Å². The first-order valence-electron chi connectivity index (χ1n) is 7.21. The van der Waals surface area contributed by atoms with Crippen LogP contribution in [-0.4, -0.2) is 50.4 Å². The lowest BCUT2D eigenvalue weighted by Crippen LogP contribution is -2.24. The molecule has 3 N–H and O–H groups in total. The van der Waals surface area contributed by atoms with E-state index >= 15 is 0 Å². The predicted molar refractivity (Wildman–Crippen MR) is 87.1 cm³/mol. The Morgan fingerprint density at radius 3 is 2.83 bits per heavy atom. The van der Waals surface area contributed by atoms with Gasteiger partial charge in [-0.25, -0.2) is 4.98 Å². The molecule has 1 saturated heterocycles. The second-order valence-electron chi connectivity index (χ2n) is 5.76. The lowest BCUT2D eigenvalue weighted by atomic mass is 10.2. The first-order chi connectivity index (χ1) is 11.0. The summed E-state index contributed by atoms with van der Waals surface area (Å²) >= 11 is 3.40. The van der Waals surface area contributed by atoms with E-state index in [1.54, 1.807) is 6.07 Å². The van der Waals surface area contributed by atoms with E-state index in [-0.39, 0.29) is 11.1 Å². The van der Waals surface area contributed by atoms with E-state index in [1.165, 1.54) is 0 Å². The van der Waals surface area contributed by atoms with Gasteiger partial charge in [0.1, 0.15) is 16.9 Å². The third-order valence-corrected chi connectivity index (χ3v) is 4.54. The van der Waals surface area contributed by atoms with Crippen LogP contribution >= 0.6 is 15.9 Å². The van der Waals surface area contributed by atoms with Gasteiger partial charge in [0.05, 0.1) is 18.8 Å². The number of nitrogens with one attached hydrogen (secondary N) is 1. The number of β-amino-alcohol motifs (C(OH)–C–C–N with tert-alkyl or cyclic N) is 2. The molecule has 2 aromatic heterocycles. The minimum absolute atomic E-state index is 0.198. The summed E-state index contributed by atoms with van der Waals surface area (Å²) in [6.45, 7) is 1.04. The maximum Gasteiger partial charge on any atom is 0.294 e. The van der Waals surface area contributed by atoms with Crippen LogP contribution in [-0.2, 0) is 6.54 Å². The van der Waals surface area contributed by atoms with Gasteiger partial charge in [-0.05, 0) is 18.2 Å². The molecule has 0 amide bonds. The number of benzene rings is 1. The number of aliphatic hydroxyl groups excluding tert-OH is 2. The second-order valence-corrected chi connectivity index (χ2v) is 6.68. The van der Waals surface area contributed by atoms with Crippen molar-refractivity contribution in [1.82, 2.24) is 14.9 Å². The number of nitrogens with zero attached hydrogens (tertiary/aromatic N) is 2. The summed E-state index contributed by atoms with van der Waals surface area (Å²) in [6.07, 6.45) is -1.53. The molecule has 0 aliphatic carbocycles. The van der Waals surface area contributed by atoms with Crippen molar-refractivity contribution in [2.24, 2.45) is 0 Å². The van der Waals surface area contributed by atoms with Gasteiger partial charge < -0.3 is 19.6 Å². The highest BCUT2D eigenvalue weighted by atomic mass is 79.9. The number of hydrogen-bond donors (Lipinski definition) is 3. The Morgan fingerprint density at radius 2 is 2.09 bits per heavy atom. The van der Waals surface area contributed by atoms with Gasteiger partial charge in [-0.15, -0.1) is 0 Å². The van der Waals surface area contributed by atoms with Gasteiger partial charge in [0.15, 0.2) is 0 Å². The molecule has 1 aliphatic heterocycles. The SMILES string of the molecule is O=c1[nH]c(CN2C[C@H](O)[C@@H](O)C2)nc2c1oc1ccc(Br)cc12. The zero-order valence-corrected chi connectivity index (χ0v) is 13.6. The molecule has 3 aromatic rings. The third kappa shape index (κ3) is 2.57. The first-order valence-corrected chi connectivity index (χ1v) is 8.00. The molecule has 3 heterocycles. The van der Waals surface area contributed by atoms with Gasteiger partial charge in [0.25, 0.3) is 5.56 Å². The Balaban J connectivity index is 1.78. The molecule has 23 heavy (non-hydrogen) atoms. The van der Waals surface area contributed by atoms with Crippen molar-refractivity contribution in [2.75, 3.05) is 13.1 Å². The van der Waals surface area contributed by atoms with Gasteiger partial charge >= 0.3 is 0 Å². The van der Waals surface area contributed by atoms with Crippen LogP contribution in [0, 0.1) is 0 Å². The Morgan fingerprint density at radius 1 is 1.35 bits per heavy atom. The monoisotopic (exact) mass is 379 g/mol. The Kier molecular flexibility index (Phi) is 3.49. The zero-order valence-electron chi connectivity index (χ0n) is 12.0. The number of halogens is 1. The predicted octanol–water partition coefficient (Wildman–Crippen LogP) is 0.969. The summed E-state index contributed by atoms with van der Waals surface area (Å²) in [6, 6.07) is 5.49. The first kappa shape index (κ1) is 14.8. The Bertz CT molecular complexity index is 941. The van der Waals surface area contributed by atoms with Crippen molar-refractivity contribution < 1.29 is 14.6 Å². The average molecular weight is 380 g/mol. The maximum absolute atomic E-state index is 12.2. The van der Waals surface area contributed by atoms with E-state index in [0.717, 1.165) is 9.86 Å². The summed E-state index contributed by atoms with van der Waals surface area (Å²) in [5.74, 6) is 0.478. The molecule has 7 nitrogen and oxygen atoms in total. The van der Waals surface area contributed by atoms with Crippen LogP contribution in [0.4, 0.5) is 0 Å². The van der Waals surface area contributed by atoms with E-state index in [9.17, 15) is 15.0 Å². The van der Waals surface area contributed by atoms with Crippen LogP contribution in [0.3, 0.4) is 0 Å². The Labute approximate surface area is 138 Å². The molecule has 2 atom stereocenters. The number of furan rings is 1. The van der Waals surface area contributed by atoms with Gasteiger partial charge in [0.2, 0.25) is 5.58 Å². The minimum atomic E-state index is -0.767. The third-order valence-electron chi connectivity index (χ3n) is 4.04. The van der Waals surface area contributed by atoms with Crippen molar-refractivity contribution in [2.45, 2.75) is 18.8 Å². The average Bonchev–Trinajstić information content (AvgIpc) is 3.00. The topological polar surface area (TPSA) is 103 Å². The standard InChI is InChI=1S/C15H14BrN3O4/c16-7-1-2-11-8(3-7)13-14(23-11)15(22)18-12(17-13)6-19-4-9(20)10(21)5-19/h1-3,9-10,20-21H,4-6H2,(H,17,18,22)/t9-,10-/m0/s1. The van der Waals surface area contributed by atoms with Crippen molar-refractivity contribution in [3.05, 3.63) is 38.9 Å². The summed E-state index contributed by atoms with van der Waals surface area (Å²) in [7, 11) is 0. The highest BCUT2D eigenvalue weighted by Crippen LogP contribution is 2.28. The summed E-state index contributed by atoms with van der Waals surface area (Å²) in [4.78, 5) is 21.3. The van der Waals surface area contributed by atoms with Crippen LogP contribution < -0.4 is 5.56 Å². The fraction of sp³-hybridized carbons (Fsp3) is 0.333. The number of likely N-dealkylation sites (tertiary alicyclic amines) is 1. The smallest absolute Gasteiger partial charge is 0.294 e. The molecule has 4 rings (SSSR count). The van der Waals surface area contributed by atoms with Crippen LogP contribution in [0.15, 0.2) is 31.9 Å². The van der Waals surface area contributed by atoms with Crippen LogP contribution in [0.1, 0.15) is 5.82 Å². The molecule has 0 unspecified atom stereocenters. The maximum atomic E-state index is 12.2. The molecule has 0 bridgehead atoms. The molecular formula is C15H14BrN3O4. The van der Waals surface area contributed by atoms with E-state index in [2.05, 4.69) is 25.9 Å². The van der Waals surface area contributed by atoms with E-state index in [1.807, 2.05) is 17.0 Å². The number of rotatable bonds is 2. The number of fused-ring (bicyclic) bond motifs is 3. The number of hydrogen-bond acceptors (Lipinski definition) is 6. The molecule has 120 valence electrons. The molecule has 0 saturated carbocycles.